The van der Waals surface area contributed by atoms with Gasteiger partial charge in [0, 0.05) is 23.3 Å². The summed E-state index contributed by atoms with van der Waals surface area (Å²) >= 11 is 5.89. The van der Waals surface area contributed by atoms with E-state index in [1.807, 2.05) is 42.5 Å². The van der Waals surface area contributed by atoms with Crippen LogP contribution in [0.15, 0.2) is 71.9 Å². The highest BCUT2D eigenvalue weighted by Crippen LogP contribution is 2.30. The van der Waals surface area contributed by atoms with Gasteiger partial charge in [0.25, 0.3) is 0 Å². The van der Waals surface area contributed by atoms with Gasteiger partial charge < -0.3 is 10.2 Å². The van der Waals surface area contributed by atoms with Gasteiger partial charge in [0.1, 0.15) is 0 Å². The molecule has 26 heavy (non-hydrogen) atoms. The molecule has 0 saturated heterocycles. The van der Waals surface area contributed by atoms with Crippen LogP contribution in [0.25, 0.3) is 6.08 Å². The lowest BCUT2D eigenvalue weighted by atomic mass is 9.91. The molecule has 1 atom stereocenters. The van der Waals surface area contributed by atoms with Gasteiger partial charge in [0.05, 0.1) is 6.04 Å². The maximum Gasteiger partial charge on any atom is 0.322 e. The number of benzene rings is 2. The average molecular weight is 367 g/mol. The Morgan fingerprint density at radius 2 is 1.77 bits per heavy atom. The van der Waals surface area contributed by atoms with Gasteiger partial charge >= 0.3 is 6.03 Å². The van der Waals surface area contributed by atoms with E-state index in [1.165, 1.54) is 11.0 Å². The Kier molecular flexibility index (Phi) is 5.24. The zero-order valence-corrected chi connectivity index (χ0v) is 15.3. The maximum atomic E-state index is 12.9. The first kappa shape index (κ1) is 18.0. The molecule has 0 bridgehead atoms. The van der Waals surface area contributed by atoms with E-state index in [0.717, 1.165) is 11.1 Å². The first-order valence-corrected chi connectivity index (χ1v) is 8.63. The number of nitrogens with one attached hydrogen (secondary N) is 1. The summed E-state index contributed by atoms with van der Waals surface area (Å²) in [6.45, 7) is 1.79. The van der Waals surface area contributed by atoms with Crippen LogP contribution in [0.2, 0.25) is 5.02 Å². The third kappa shape index (κ3) is 3.70. The Hall–Kier alpha value is -2.85. The molecule has 1 aliphatic heterocycles. The lowest BCUT2D eigenvalue weighted by Gasteiger charge is -2.33. The van der Waals surface area contributed by atoms with Crippen LogP contribution < -0.4 is 5.32 Å². The predicted molar refractivity (Wildman–Crippen MR) is 104 cm³/mol. The lowest BCUT2D eigenvalue weighted by molar-refractivity contribution is -0.111. The Balaban J connectivity index is 1.96. The smallest absolute Gasteiger partial charge is 0.322 e. The summed E-state index contributed by atoms with van der Waals surface area (Å²) in [4.78, 5) is 26.6. The normalized spacial score (nSPS) is 17.6. The number of hydrogen-bond donors (Lipinski definition) is 1. The summed E-state index contributed by atoms with van der Waals surface area (Å²) in [5.74, 6) is -0.141. The van der Waals surface area contributed by atoms with Gasteiger partial charge in [-0.25, -0.2) is 4.79 Å². The number of rotatable bonds is 4. The summed E-state index contributed by atoms with van der Waals surface area (Å²) in [6, 6.07) is 16.0. The summed E-state index contributed by atoms with van der Waals surface area (Å²) in [5.41, 5.74) is 2.96. The van der Waals surface area contributed by atoms with E-state index in [-0.39, 0.29) is 11.8 Å². The van der Waals surface area contributed by atoms with Crippen molar-refractivity contribution >= 4 is 29.5 Å². The molecule has 1 aliphatic rings. The molecule has 1 N–H and O–H groups in total. The van der Waals surface area contributed by atoms with Crippen LogP contribution in [0.3, 0.4) is 0 Å². The van der Waals surface area contributed by atoms with Gasteiger partial charge in [-0.3, -0.25) is 4.79 Å². The van der Waals surface area contributed by atoms with Gasteiger partial charge in [-0.1, -0.05) is 60.1 Å². The minimum absolute atomic E-state index is 0.141. The molecule has 5 heteroatoms. The zero-order valence-electron chi connectivity index (χ0n) is 14.6. The van der Waals surface area contributed by atoms with Crippen molar-refractivity contribution in [3.63, 3.8) is 0 Å². The highest BCUT2D eigenvalue weighted by Gasteiger charge is 2.32. The predicted octanol–water partition coefficient (Wildman–Crippen LogP) is 4.59. The number of carbonyl (C=O) groups is 2. The van der Waals surface area contributed by atoms with E-state index in [0.29, 0.717) is 16.3 Å². The van der Waals surface area contributed by atoms with Crippen molar-refractivity contribution in [2.24, 2.45) is 0 Å². The topological polar surface area (TPSA) is 49.4 Å². The van der Waals surface area contributed by atoms with Crippen molar-refractivity contribution in [1.29, 1.82) is 0 Å². The van der Waals surface area contributed by atoms with Crippen molar-refractivity contribution in [2.75, 3.05) is 7.05 Å². The van der Waals surface area contributed by atoms with Crippen LogP contribution in [0.5, 0.6) is 0 Å². The van der Waals surface area contributed by atoms with Gasteiger partial charge in [-0.05, 0) is 36.3 Å². The number of halogens is 1. The summed E-state index contributed by atoms with van der Waals surface area (Å²) in [5, 5.41) is 3.55. The van der Waals surface area contributed by atoms with E-state index in [1.54, 1.807) is 32.2 Å². The quantitative estimate of drug-likeness (QED) is 0.804. The molecule has 0 aromatic heterocycles. The minimum atomic E-state index is -0.470. The number of carbonyl (C=O) groups excluding carboxylic acids is 2. The molecule has 4 nitrogen and oxygen atoms in total. The third-order valence-corrected chi connectivity index (χ3v) is 4.70. The van der Waals surface area contributed by atoms with Crippen LogP contribution in [0, 0.1) is 0 Å². The molecule has 0 radical (unpaired) electrons. The number of amides is 2. The molecule has 3 rings (SSSR count). The summed E-state index contributed by atoms with van der Waals surface area (Å²) in [7, 11) is 1.65. The highest BCUT2D eigenvalue weighted by molar-refractivity contribution is 6.30. The molecule has 0 aliphatic carbocycles. The first-order chi connectivity index (χ1) is 12.5. The Morgan fingerprint density at radius 1 is 1.12 bits per heavy atom. The van der Waals surface area contributed by atoms with E-state index in [2.05, 4.69) is 5.32 Å². The second kappa shape index (κ2) is 7.58. The van der Waals surface area contributed by atoms with E-state index < -0.39 is 6.04 Å². The number of allylic oxidation sites excluding steroid dienone is 2. The Labute approximate surface area is 157 Å². The number of nitrogens with zero attached hydrogens (tertiary/aromatic N) is 1. The van der Waals surface area contributed by atoms with Gasteiger partial charge in [0.15, 0.2) is 5.78 Å². The van der Waals surface area contributed by atoms with Crippen LogP contribution in [0.1, 0.15) is 24.1 Å². The van der Waals surface area contributed by atoms with Crippen molar-refractivity contribution in [3.05, 3.63) is 88.1 Å². The molecule has 2 amide bonds. The fourth-order valence-electron chi connectivity index (χ4n) is 2.89. The maximum absolute atomic E-state index is 12.9. The molecule has 2 aromatic rings. The Bertz CT molecular complexity index is 886. The van der Waals surface area contributed by atoms with E-state index in [4.69, 9.17) is 11.6 Å². The number of hydrogen-bond acceptors (Lipinski definition) is 2. The van der Waals surface area contributed by atoms with E-state index >= 15 is 0 Å². The SMILES string of the molecule is CC1=C(C(=O)/C=C/c2ccc(Cl)cc2)C(c2ccccc2)NC(=O)N1C. The largest absolute Gasteiger partial charge is 0.327 e. The van der Waals surface area contributed by atoms with Crippen LogP contribution in [-0.4, -0.2) is 23.8 Å². The fourth-order valence-corrected chi connectivity index (χ4v) is 3.01. The summed E-state index contributed by atoms with van der Waals surface area (Å²) < 4.78 is 0. The van der Waals surface area contributed by atoms with Crippen LogP contribution in [0.4, 0.5) is 4.79 Å². The fraction of sp³-hybridized carbons (Fsp3) is 0.143. The molecule has 1 unspecified atom stereocenters. The van der Waals surface area contributed by atoms with Crippen molar-refractivity contribution < 1.29 is 9.59 Å². The number of ketones is 1. The van der Waals surface area contributed by atoms with Crippen LogP contribution in [-0.2, 0) is 4.79 Å². The van der Waals surface area contributed by atoms with Crippen molar-refractivity contribution in [2.45, 2.75) is 13.0 Å². The molecule has 132 valence electrons. The molecule has 0 saturated carbocycles. The van der Waals surface area contributed by atoms with Gasteiger partial charge in [-0.15, -0.1) is 0 Å². The molecule has 0 spiro atoms. The van der Waals surface area contributed by atoms with Crippen molar-refractivity contribution in [3.8, 4) is 0 Å². The molecule has 0 fully saturated rings. The Morgan fingerprint density at radius 3 is 2.42 bits per heavy atom. The number of urea groups is 1. The second-order valence-electron chi connectivity index (χ2n) is 6.10. The lowest BCUT2D eigenvalue weighted by Crippen LogP contribution is -2.45. The van der Waals surface area contributed by atoms with Crippen LogP contribution >= 0.6 is 11.6 Å². The molecule has 2 aromatic carbocycles. The zero-order chi connectivity index (χ0) is 18.7. The minimum Gasteiger partial charge on any atom is -0.327 e. The van der Waals surface area contributed by atoms with E-state index in [9.17, 15) is 9.59 Å². The monoisotopic (exact) mass is 366 g/mol. The highest BCUT2D eigenvalue weighted by atomic mass is 35.5. The standard InChI is InChI=1S/C21H19ClN2O2/c1-14-19(18(25)13-10-15-8-11-17(22)12-9-15)20(23-21(26)24(14)2)16-6-4-3-5-7-16/h3-13,20H,1-2H3,(H,23,26)/b13-10+. The van der Waals surface area contributed by atoms with Gasteiger partial charge in [0.2, 0.25) is 0 Å². The van der Waals surface area contributed by atoms with Crippen molar-refractivity contribution in [1.82, 2.24) is 10.2 Å². The molecular weight excluding hydrogens is 348 g/mol. The average Bonchev–Trinajstić information content (AvgIpc) is 2.66. The second-order valence-corrected chi connectivity index (χ2v) is 6.54. The third-order valence-electron chi connectivity index (χ3n) is 4.45. The van der Waals surface area contributed by atoms with Gasteiger partial charge in [-0.2, -0.15) is 0 Å². The summed E-state index contributed by atoms with van der Waals surface area (Å²) in [6.07, 6.45) is 3.28. The molecule has 1 heterocycles. The first-order valence-electron chi connectivity index (χ1n) is 8.25. The molecular formula is C21H19ClN2O2.